The Bertz CT molecular complexity index is 608. The third-order valence-electron chi connectivity index (χ3n) is 4.86. The summed E-state index contributed by atoms with van der Waals surface area (Å²) in [5.41, 5.74) is 4.43. The molecular formula is C18H20N2. The van der Waals surface area contributed by atoms with Crippen molar-refractivity contribution in [1.29, 1.82) is 0 Å². The van der Waals surface area contributed by atoms with E-state index < -0.39 is 0 Å². The molecule has 0 saturated carbocycles. The number of pyridine rings is 1. The van der Waals surface area contributed by atoms with E-state index in [-0.39, 0.29) is 5.41 Å². The van der Waals surface area contributed by atoms with E-state index in [1.54, 1.807) is 0 Å². The van der Waals surface area contributed by atoms with Crippen molar-refractivity contribution in [1.82, 2.24) is 10.3 Å². The molecule has 2 heteroatoms. The lowest BCUT2D eigenvalue weighted by atomic mass is 9.64. The summed E-state index contributed by atoms with van der Waals surface area (Å²) in [5, 5.41) is 3.65. The van der Waals surface area contributed by atoms with Crippen LogP contribution in [0.5, 0.6) is 0 Å². The zero-order chi connectivity index (χ0) is 13.4. The van der Waals surface area contributed by atoms with Gasteiger partial charge in [0.05, 0.1) is 5.69 Å². The van der Waals surface area contributed by atoms with Crippen LogP contribution in [0.1, 0.15) is 23.2 Å². The molecule has 20 heavy (non-hydrogen) atoms. The fourth-order valence-electron chi connectivity index (χ4n) is 4.13. The Morgan fingerprint density at radius 1 is 1.15 bits per heavy atom. The number of rotatable bonds is 2. The lowest BCUT2D eigenvalue weighted by Crippen LogP contribution is -2.52. The summed E-state index contributed by atoms with van der Waals surface area (Å²) in [6.07, 6.45) is 5.52. The van der Waals surface area contributed by atoms with Gasteiger partial charge in [-0.3, -0.25) is 4.98 Å². The Hall–Kier alpha value is -1.67. The summed E-state index contributed by atoms with van der Waals surface area (Å²) in [4.78, 5) is 4.77. The molecule has 0 amide bonds. The standard InChI is InChI=1S/C18H20N2/c1-2-5-14(6-3-1)10-18-11-15(12-19-13-18)9-16-7-4-8-20-17(16)18/h1-8,15,19H,9-13H2. The molecule has 102 valence electrons. The molecule has 2 nitrogen and oxygen atoms in total. The van der Waals surface area contributed by atoms with E-state index in [0.717, 1.165) is 25.4 Å². The number of piperidine rings is 1. The number of hydrogen-bond donors (Lipinski definition) is 1. The Morgan fingerprint density at radius 2 is 2.05 bits per heavy atom. The fourth-order valence-corrected chi connectivity index (χ4v) is 4.13. The molecule has 1 saturated heterocycles. The molecule has 1 aliphatic heterocycles. The van der Waals surface area contributed by atoms with Gasteiger partial charge < -0.3 is 5.32 Å². The van der Waals surface area contributed by atoms with E-state index in [9.17, 15) is 0 Å². The van der Waals surface area contributed by atoms with Crippen molar-refractivity contribution < 1.29 is 0 Å². The second-order valence-corrected chi connectivity index (χ2v) is 6.36. The highest BCUT2D eigenvalue weighted by molar-refractivity contribution is 5.36. The smallest absolute Gasteiger partial charge is 0.0513 e. The summed E-state index contributed by atoms with van der Waals surface area (Å²) in [6, 6.07) is 15.2. The molecule has 4 rings (SSSR count). The Morgan fingerprint density at radius 3 is 2.95 bits per heavy atom. The molecule has 1 fully saturated rings. The van der Waals surface area contributed by atoms with Crippen LogP contribution in [-0.4, -0.2) is 18.1 Å². The number of fused-ring (bicyclic) bond motifs is 4. The van der Waals surface area contributed by atoms with Gasteiger partial charge in [0.15, 0.2) is 0 Å². The Labute approximate surface area is 120 Å². The van der Waals surface area contributed by atoms with Crippen LogP contribution in [0, 0.1) is 5.92 Å². The Kier molecular flexibility index (Phi) is 2.85. The quantitative estimate of drug-likeness (QED) is 0.902. The summed E-state index contributed by atoms with van der Waals surface area (Å²) in [7, 11) is 0. The normalized spacial score (nSPS) is 27.9. The molecule has 1 aliphatic carbocycles. The number of nitrogens with zero attached hydrogens (tertiary/aromatic N) is 1. The van der Waals surface area contributed by atoms with Gasteiger partial charge in [0.25, 0.3) is 0 Å². The molecule has 0 radical (unpaired) electrons. The maximum Gasteiger partial charge on any atom is 0.0513 e. The van der Waals surface area contributed by atoms with Gasteiger partial charge in [0.1, 0.15) is 0 Å². The number of benzene rings is 1. The van der Waals surface area contributed by atoms with E-state index in [2.05, 4.69) is 47.8 Å². The van der Waals surface area contributed by atoms with Crippen molar-refractivity contribution >= 4 is 0 Å². The van der Waals surface area contributed by atoms with Crippen LogP contribution in [0.15, 0.2) is 48.7 Å². The number of aromatic nitrogens is 1. The van der Waals surface area contributed by atoms with Gasteiger partial charge in [-0.25, -0.2) is 0 Å². The van der Waals surface area contributed by atoms with Gasteiger partial charge in [-0.1, -0.05) is 36.4 Å². The van der Waals surface area contributed by atoms with Crippen LogP contribution in [0.3, 0.4) is 0 Å². The first-order chi connectivity index (χ1) is 9.86. The molecule has 1 aromatic heterocycles. The first-order valence-electron chi connectivity index (χ1n) is 7.55. The van der Waals surface area contributed by atoms with Crippen molar-refractivity contribution in [2.24, 2.45) is 5.92 Å². The third-order valence-corrected chi connectivity index (χ3v) is 4.86. The molecule has 2 aromatic rings. The lowest BCUT2D eigenvalue weighted by molar-refractivity contribution is 0.210. The van der Waals surface area contributed by atoms with Gasteiger partial charge in [0.2, 0.25) is 0 Å². The zero-order valence-electron chi connectivity index (χ0n) is 11.7. The summed E-state index contributed by atoms with van der Waals surface area (Å²) < 4.78 is 0. The third kappa shape index (κ3) is 1.95. The molecule has 1 N–H and O–H groups in total. The monoisotopic (exact) mass is 264 g/mol. The molecule has 2 aliphatic rings. The lowest BCUT2D eigenvalue weighted by Gasteiger charge is -2.46. The van der Waals surface area contributed by atoms with Crippen molar-refractivity contribution in [3.63, 3.8) is 0 Å². The average molecular weight is 264 g/mol. The van der Waals surface area contributed by atoms with Crippen LogP contribution in [0.25, 0.3) is 0 Å². The predicted octanol–water partition coefficient (Wildman–Crippen LogP) is 2.73. The first kappa shape index (κ1) is 12.1. The minimum absolute atomic E-state index is 0.194. The summed E-state index contributed by atoms with van der Waals surface area (Å²) in [5.74, 6) is 0.768. The molecule has 2 bridgehead atoms. The topological polar surface area (TPSA) is 24.9 Å². The minimum Gasteiger partial charge on any atom is -0.315 e. The van der Waals surface area contributed by atoms with Crippen LogP contribution >= 0.6 is 0 Å². The van der Waals surface area contributed by atoms with Crippen LogP contribution < -0.4 is 5.32 Å². The van der Waals surface area contributed by atoms with E-state index in [1.165, 1.54) is 29.7 Å². The first-order valence-corrected chi connectivity index (χ1v) is 7.55. The molecular weight excluding hydrogens is 244 g/mol. The Balaban J connectivity index is 1.78. The highest BCUT2D eigenvalue weighted by atomic mass is 14.9. The van der Waals surface area contributed by atoms with Crippen LogP contribution in [0.2, 0.25) is 0 Å². The SMILES string of the molecule is c1ccc(CC23CNCC(Cc4cccnc42)C3)cc1. The van der Waals surface area contributed by atoms with E-state index in [0.29, 0.717) is 0 Å². The van der Waals surface area contributed by atoms with Crippen molar-refractivity contribution in [3.05, 3.63) is 65.5 Å². The summed E-state index contributed by atoms with van der Waals surface area (Å²) >= 11 is 0. The largest absolute Gasteiger partial charge is 0.315 e. The van der Waals surface area contributed by atoms with E-state index in [4.69, 9.17) is 4.98 Å². The molecule has 1 aromatic carbocycles. The van der Waals surface area contributed by atoms with E-state index in [1.807, 2.05) is 6.20 Å². The van der Waals surface area contributed by atoms with E-state index >= 15 is 0 Å². The van der Waals surface area contributed by atoms with Gasteiger partial charge in [-0.2, -0.15) is 0 Å². The molecule has 2 heterocycles. The minimum atomic E-state index is 0.194. The van der Waals surface area contributed by atoms with Crippen molar-refractivity contribution in [2.75, 3.05) is 13.1 Å². The van der Waals surface area contributed by atoms with Gasteiger partial charge >= 0.3 is 0 Å². The second-order valence-electron chi connectivity index (χ2n) is 6.36. The zero-order valence-corrected chi connectivity index (χ0v) is 11.7. The molecule has 2 unspecified atom stereocenters. The second kappa shape index (κ2) is 4.71. The maximum absolute atomic E-state index is 4.77. The maximum atomic E-state index is 4.77. The highest BCUT2D eigenvalue weighted by Gasteiger charge is 2.43. The molecule has 2 atom stereocenters. The van der Waals surface area contributed by atoms with Crippen LogP contribution in [0.4, 0.5) is 0 Å². The number of nitrogens with one attached hydrogen (secondary N) is 1. The van der Waals surface area contributed by atoms with Crippen LogP contribution in [-0.2, 0) is 18.3 Å². The fraction of sp³-hybridized carbons (Fsp3) is 0.389. The van der Waals surface area contributed by atoms with Gasteiger partial charge in [-0.05, 0) is 48.9 Å². The molecule has 0 spiro atoms. The average Bonchev–Trinajstić information content (AvgIpc) is 2.48. The summed E-state index contributed by atoms with van der Waals surface area (Å²) in [6.45, 7) is 2.22. The van der Waals surface area contributed by atoms with Gasteiger partial charge in [0, 0.05) is 18.2 Å². The van der Waals surface area contributed by atoms with Crippen molar-refractivity contribution in [3.8, 4) is 0 Å². The number of hydrogen-bond acceptors (Lipinski definition) is 2. The highest BCUT2D eigenvalue weighted by Crippen LogP contribution is 2.42. The van der Waals surface area contributed by atoms with Crippen molar-refractivity contribution in [2.45, 2.75) is 24.7 Å². The predicted molar refractivity (Wildman–Crippen MR) is 80.7 cm³/mol. The van der Waals surface area contributed by atoms with Gasteiger partial charge in [-0.15, -0.1) is 0 Å².